The largest absolute Gasteiger partial charge is 0.304 e. The standard InChI is InChI=1S/C18H23N3S/c1-3-21(4-2)10-5-6-17-16-8-7-14(12-18(16)20-19-17)15-9-11-22-13-15/h7-9,11,13H,3-6,10,12H2,1-2H3. The number of rotatable bonds is 7. The molecule has 0 saturated heterocycles. The molecule has 3 rings (SSSR count). The summed E-state index contributed by atoms with van der Waals surface area (Å²) in [7, 11) is 0. The number of hydrogen-bond acceptors (Lipinski definition) is 4. The van der Waals surface area contributed by atoms with Gasteiger partial charge in [0.15, 0.2) is 0 Å². The molecule has 116 valence electrons. The van der Waals surface area contributed by atoms with E-state index in [0.717, 1.165) is 44.6 Å². The Bertz CT molecular complexity index is 631. The molecular formula is C18H23N3S. The third kappa shape index (κ3) is 3.28. The molecule has 0 N–H and O–H groups in total. The van der Waals surface area contributed by atoms with Crippen molar-refractivity contribution < 1.29 is 0 Å². The molecule has 1 aromatic rings. The second-order valence-corrected chi connectivity index (χ2v) is 6.46. The van der Waals surface area contributed by atoms with Gasteiger partial charge in [-0.05, 0) is 60.4 Å². The van der Waals surface area contributed by atoms with Crippen molar-refractivity contribution in [2.24, 2.45) is 10.2 Å². The van der Waals surface area contributed by atoms with E-state index >= 15 is 0 Å². The third-order valence-corrected chi connectivity index (χ3v) is 5.08. The third-order valence-electron chi connectivity index (χ3n) is 4.40. The lowest BCUT2D eigenvalue weighted by Gasteiger charge is -2.18. The predicted octanol–water partition coefficient (Wildman–Crippen LogP) is 4.39. The van der Waals surface area contributed by atoms with Gasteiger partial charge in [0.05, 0.1) is 11.4 Å². The SMILES string of the molecule is CCN(CC)CCCC1=NN=C2CC(c3ccsc3)=CC=C12. The summed E-state index contributed by atoms with van der Waals surface area (Å²) in [5.74, 6) is 0. The Morgan fingerprint density at radius 2 is 2.05 bits per heavy atom. The Balaban J connectivity index is 1.61. The molecule has 0 spiro atoms. The van der Waals surface area contributed by atoms with Crippen molar-refractivity contribution in [3.63, 3.8) is 0 Å². The molecule has 2 aliphatic rings. The second-order valence-electron chi connectivity index (χ2n) is 5.68. The van der Waals surface area contributed by atoms with Gasteiger partial charge in [-0.15, -0.1) is 0 Å². The first-order valence-electron chi connectivity index (χ1n) is 8.11. The Labute approximate surface area is 136 Å². The van der Waals surface area contributed by atoms with Gasteiger partial charge in [0.1, 0.15) is 0 Å². The molecule has 0 unspecified atom stereocenters. The average Bonchev–Trinajstić information content (AvgIpc) is 3.21. The summed E-state index contributed by atoms with van der Waals surface area (Å²) in [6, 6.07) is 2.18. The highest BCUT2D eigenvalue weighted by atomic mass is 32.1. The topological polar surface area (TPSA) is 28.0 Å². The molecule has 0 saturated carbocycles. The van der Waals surface area contributed by atoms with E-state index in [-0.39, 0.29) is 0 Å². The molecule has 22 heavy (non-hydrogen) atoms. The summed E-state index contributed by atoms with van der Waals surface area (Å²) >= 11 is 1.74. The minimum Gasteiger partial charge on any atom is -0.304 e. The molecule has 3 nitrogen and oxygen atoms in total. The molecule has 0 amide bonds. The first-order chi connectivity index (χ1) is 10.8. The molecule has 1 aromatic heterocycles. The quantitative estimate of drug-likeness (QED) is 0.733. The smallest absolute Gasteiger partial charge is 0.0765 e. The Morgan fingerprint density at radius 3 is 2.77 bits per heavy atom. The van der Waals surface area contributed by atoms with Crippen LogP contribution in [0.3, 0.4) is 0 Å². The summed E-state index contributed by atoms with van der Waals surface area (Å²) in [4.78, 5) is 2.46. The number of fused-ring (bicyclic) bond motifs is 1. The van der Waals surface area contributed by atoms with Crippen LogP contribution in [0.15, 0.2) is 44.8 Å². The van der Waals surface area contributed by atoms with Gasteiger partial charge in [0, 0.05) is 12.0 Å². The van der Waals surface area contributed by atoms with Crippen molar-refractivity contribution in [3.05, 3.63) is 40.1 Å². The van der Waals surface area contributed by atoms with E-state index in [1.165, 1.54) is 22.4 Å². The molecule has 1 aliphatic heterocycles. The lowest BCUT2D eigenvalue weighted by atomic mass is 9.90. The number of nitrogens with zero attached hydrogens (tertiary/aromatic N) is 3. The van der Waals surface area contributed by atoms with Crippen LogP contribution in [-0.4, -0.2) is 36.0 Å². The van der Waals surface area contributed by atoms with E-state index in [1.54, 1.807) is 11.3 Å². The summed E-state index contributed by atoms with van der Waals surface area (Å²) in [6.07, 6.45) is 7.53. The number of allylic oxidation sites excluding steroid dienone is 4. The second kappa shape index (κ2) is 7.16. The summed E-state index contributed by atoms with van der Waals surface area (Å²) in [5, 5.41) is 13.2. The Morgan fingerprint density at radius 1 is 1.18 bits per heavy atom. The molecule has 0 bridgehead atoms. The zero-order valence-electron chi connectivity index (χ0n) is 13.4. The summed E-state index contributed by atoms with van der Waals surface area (Å²) in [5.41, 5.74) is 6.24. The van der Waals surface area contributed by atoms with Gasteiger partial charge >= 0.3 is 0 Å². The molecule has 4 heteroatoms. The van der Waals surface area contributed by atoms with Crippen LogP contribution in [0, 0.1) is 0 Å². The minimum atomic E-state index is 0.908. The van der Waals surface area contributed by atoms with Gasteiger partial charge in [0.2, 0.25) is 0 Å². The van der Waals surface area contributed by atoms with Gasteiger partial charge < -0.3 is 4.90 Å². The molecule has 1 aliphatic carbocycles. The van der Waals surface area contributed by atoms with E-state index in [0.29, 0.717) is 0 Å². The van der Waals surface area contributed by atoms with Crippen molar-refractivity contribution in [1.82, 2.24) is 4.90 Å². The highest BCUT2D eigenvalue weighted by Crippen LogP contribution is 2.30. The van der Waals surface area contributed by atoms with Gasteiger partial charge in [-0.1, -0.05) is 26.0 Å². The molecule has 2 heterocycles. The van der Waals surface area contributed by atoms with Crippen molar-refractivity contribution >= 4 is 28.3 Å². The van der Waals surface area contributed by atoms with Crippen LogP contribution in [0.5, 0.6) is 0 Å². The van der Waals surface area contributed by atoms with E-state index in [4.69, 9.17) is 0 Å². The molecular weight excluding hydrogens is 290 g/mol. The fraction of sp³-hybridized carbons (Fsp3) is 0.444. The predicted molar refractivity (Wildman–Crippen MR) is 96.9 cm³/mol. The van der Waals surface area contributed by atoms with Gasteiger partial charge in [0.25, 0.3) is 0 Å². The maximum Gasteiger partial charge on any atom is 0.0765 e. The van der Waals surface area contributed by atoms with Crippen LogP contribution in [0.4, 0.5) is 0 Å². The van der Waals surface area contributed by atoms with Crippen LogP contribution < -0.4 is 0 Å². The van der Waals surface area contributed by atoms with Crippen molar-refractivity contribution in [3.8, 4) is 0 Å². The van der Waals surface area contributed by atoms with E-state index in [9.17, 15) is 0 Å². The molecule has 0 atom stereocenters. The van der Waals surface area contributed by atoms with Crippen LogP contribution in [0.1, 0.15) is 38.7 Å². The van der Waals surface area contributed by atoms with Gasteiger partial charge in [-0.25, -0.2) is 0 Å². The Hall–Kier alpha value is -1.52. The maximum absolute atomic E-state index is 4.43. The van der Waals surface area contributed by atoms with E-state index < -0.39 is 0 Å². The zero-order chi connectivity index (χ0) is 15.4. The van der Waals surface area contributed by atoms with Crippen LogP contribution in [0.2, 0.25) is 0 Å². The van der Waals surface area contributed by atoms with Crippen molar-refractivity contribution in [2.45, 2.75) is 33.1 Å². The number of thiophene rings is 1. The average molecular weight is 313 g/mol. The highest BCUT2D eigenvalue weighted by Gasteiger charge is 2.23. The molecule has 0 fully saturated rings. The van der Waals surface area contributed by atoms with Crippen LogP contribution >= 0.6 is 11.3 Å². The van der Waals surface area contributed by atoms with Crippen LogP contribution in [0.25, 0.3) is 5.57 Å². The lowest BCUT2D eigenvalue weighted by Crippen LogP contribution is -2.24. The fourth-order valence-corrected chi connectivity index (χ4v) is 3.66. The van der Waals surface area contributed by atoms with Gasteiger partial charge in [-0.3, -0.25) is 0 Å². The zero-order valence-corrected chi connectivity index (χ0v) is 14.2. The molecule has 0 radical (unpaired) electrons. The van der Waals surface area contributed by atoms with E-state index in [1.807, 2.05) is 0 Å². The number of hydrogen-bond donors (Lipinski definition) is 0. The highest BCUT2D eigenvalue weighted by molar-refractivity contribution is 7.08. The maximum atomic E-state index is 4.43. The lowest BCUT2D eigenvalue weighted by molar-refractivity contribution is 0.302. The first-order valence-corrected chi connectivity index (χ1v) is 9.06. The van der Waals surface area contributed by atoms with Gasteiger partial charge in [-0.2, -0.15) is 21.5 Å². The summed E-state index contributed by atoms with van der Waals surface area (Å²) in [6.45, 7) is 7.83. The van der Waals surface area contributed by atoms with Crippen molar-refractivity contribution in [2.75, 3.05) is 19.6 Å². The van der Waals surface area contributed by atoms with E-state index in [2.05, 4.69) is 57.9 Å². The summed E-state index contributed by atoms with van der Waals surface area (Å²) < 4.78 is 0. The monoisotopic (exact) mass is 313 g/mol. The van der Waals surface area contributed by atoms with Crippen LogP contribution in [-0.2, 0) is 0 Å². The fourth-order valence-electron chi connectivity index (χ4n) is 2.98. The minimum absolute atomic E-state index is 0.908. The Kier molecular flexibility index (Phi) is 5.01. The first kappa shape index (κ1) is 15.4. The molecule has 0 aromatic carbocycles. The normalized spacial score (nSPS) is 17.0. The van der Waals surface area contributed by atoms with Crippen molar-refractivity contribution in [1.29, 1.82) is 0 Å².